The summed E-state index contributed by atoms with van der Waals surface area (Å²) >= 11 is 7.66. The molecule has 2 aromatic rings. The third-order valence-electron chi connectivity index (χ3n) is 3.66. The highest BCUT2D eigenvalue weighted by molar-refractivity contribution is 7.16. The summed E-state index contributed by atoms with van der Waals surface area (Å²) in [5, 5.41) is 3.62. The van der Waals surface area contributed by atoms with Gasteiger partial charge >= 0.3 is 0 Å². The van der Waals surface area contributed by atoms with Crippen LogP contribution in [0, 0.1) is 5.92 Å². The molecule has 3 rings (SSSR count). The van der Waals surface area contributed by atoms with Gasteiger partial charge in [0.1, 0.15) is 11.8 Å². The van der Waals surface area contributed by atoms with Crippen molar-refractivity contribution in [3.8, 4) is 0 Å². The van der Waals surface area contributed by atoms with Crippen molar-refractivity contribution < 1.29 is 9.15 Å². The van der Waals surface area contributed by atoms with E-state index in [0.29, 0.717) is 5.92 Å². The second kappa shape index (κ2) is 6.76. The fraction of sp³-hybridized carbons (Fsp3) is 0.467. The van der Waals surface area contributed by atoms with Crippen LogP contribution in [0.4, 0.5) is 0 Å². The predicted octanol–water partition coefficient (Wildman–Crippen LogP) is 4.10. The first-order valence-electron chi connectivity index (χ1n) is 6.92. The van der Waals surface area contributed by atoms with E-state index in [2.05, 4.69) is 11.4 Å². The van der Waals surface area contributed by atoms with Crippen LogP contribution in [0.25, 0.3) is 0 Å². The van der Waals surface area contributed by atoms with Gasteiger partial charge in [0.2, 0.25) is 0 Å². The first-order valence-corrected chi connectivity index (χ1v) is 8.12. The van der Waals surface area contributed by atoms with Crippen molar-refractivity contribution in [2.75, 3.05) is 19.8 Å². The van der Waals surface area contributed by atoms with E-state index in [0.717, 1.165) is 42.7 Å². The molecule has 1 N–H and O–H groups in total. The summed E-state index contributed by atoms with van der Waals surface area (Å²) < 4.78 is 11.8. The monoisotopic (exact) mass is 311 g/mol. The van der Waals surface area contributed by atoms with Crippen molar-refractivity contribution in [2.45, 2.75) is 18.9 Å². The third kappa shape index (κ3) is 3.44. The van der Waals surface area contributed by atoms with Crippen molar-refractivity contribution in [2.24, 2.45) is 5.92 Å². The van der Waals surface area contributed by atoms with Crippen LogP contribution in [-0.2, 0) is 4.74 Å². The highest BCUT2D eigenvalue weighted by atomic mass is 35.5. The van der Waals surface area contributed by atoms with Crippen molar-refractivity contribution in [1.29, 1.82) is 0 Å². The minimum Gasteiger partial charge on any atom is -0.467 e. The number of hydrogen-bond acceptors (Lipinski definition) is 4. The molecular formula is C15H18ClNO2S. The lowest BCUT2D eigenvalue weighted by Gasteiger charge is -2.24. The van der Waals surface area contributed by atoms with E-state index >= 15 is 0 Å². The SMILES string of the molecule is Clc1ccc(C(NCC2CCOCC2)c2ccco2)s1. The van der Waals surface area contributed by atoms with Crippen LogP contribution in [0.5, 0.6) is 0 Å². The van der Waals surface area contributed by atoms with E-state index < -0.39 is 0 Å². The zero-order valence-electron chi connectivity index (χ0n) is 11.2. The van der Waals surface area contributed by atoms with Gasteiger partial charge in [-0.25, -0.2) is 0 Å². The minimum atomic E-state index is 0.0883. The Balaban J connectivity index is 1.69. The molecule has 3 heterocycles. The van der Waals surface area contributed by atoms with Gasteiger partial charge in [-0.05, 0) is 49.6 Å². The highest BCUT2D eigenvalue weighted by Gasteiger charge is 2.21. The molecule has 0 spiro atoms. The summed E-state index contributed by atoms with van der Waals surface area (Å²) in [5.74, 6) is 1.62. The maximum Gasteiger partial charge on any atom is 0.126 e. The van der Waals surface area contributed by atoms with Crippen molar-refractivity contribution in [3.63, 3.8) is 0 Å². The Bertz CT molecular complexity index is 520. The van der Waals surface area contributed by atoms with Crippen LogP contribution in [0.2, 0.25) is 4.34 Å². The van der Waals surface area contributed by atoms with Crippen LogP contribution in [0.1, 0.15) is 29.5 Å². The van der Waals surface area contributed by atoms with Gasteiger partial charge in [-0.2, -0.15) is 0 Å². The molecule has 108 valence electrons. The smallest absolute Gasteiger partial charge is 0.126 e. The molecule has 1 atom stereocenters. The summed E-state index contributed by atoms with van der Waals surface area (Å²) in [6.45, 7) is 2.73. The third-order valence-corrected chi connectivity index (χ3v) is 4.95. The number of hydrogen-bond donors (Lipinski definition) is 1. The minimum absolute atomic E-state index is 0.0883. The first-order chi connectivity index (χ1) is 9.83. The van der Waals surface area contributed by atoms with Gasteiger partial charge in [0.05, 0.1) is 10.6 Å². The number of nitrogens with one attached hydrogen (secondary N) is 1. The van der Waals surface area contributed by atoms with Gasteiger partial charge in [0, 0.05) is 18.1 Å². The average Bonchev–Trinajstić information content (AvgIpc) is 3.13. The molecular weight excluding hydrogens is 294 g/mol. The lowest BCUT2D eigenvalue weighted by molar-refractivity contribution is 0.0656. The molecule has 0 aromatic carbocycles. The van der Waals surface area contributed by atoms with Gasteiger partial charge in [-0.15, -0.1) is 11.3 Å². The molecule has 5 heteroatoms. The molecule has 1 fully saturated rings. The van der Waals surface area contributed by atoms with E-state index in [9.17, 15) is 0 Å². The van der Waals surface area contributed by atoms with Crippen LogP contribution >= 0.6 is 22.9 Å². The topological polar surface area (TPSA) is 34.4 Å². The Morgan fingerprint density at radius 1 is 1.30 bits per heavy atom. The number of furan rings is 1. The number of thiophene rings is 1. The van der Waals surface area contributed by atoms with E-state index in [1.165, 1.54) is 4.88 Å². The molecule has 0 radical (unpaired) electrons. The maximum atomic E-state index is 6.06. The van der Waals surface area contributed by atoms with Gasteiger partial charge in [0.25, 0.3) is 0 Å². The average molecular weight is 312 g/mol. The second-order valence-electron chi connectivity index (χ2n) is 5.05. The molecule has 1 aliphatic heterocycles. The van der Waals surface area contributed by atoms with Crippen LogP contribution in [-0.4, -0.2) is 19.8 Å². The van der Waals surface area contributed by atoms with Gasteiger partial charge < -0.3 is 14.5 Å². The summed E-state index contributed by atoms with van der Waals surface area (Å²) in [4.78, 5) is 1.19. The maximum absolute atomic E-state index is 6.06. The van der Waals surface area contributed by atoms with E-state index in [-0.39, 0.29) is 6.04 Å². The first kappa shape index (κ1) is 14.1. The lowest BCUT2D eigenvalue weighted by Crippen LogP contribution is -2.30. The predicted molar refractivity (Wildman–Crippen MR) is 81.4 cm³/mol. The number of ether oxygens (including phenoxy) is 1. The fourth-order valence-electron chi connectivity index (χ4n) is 2.52. The Kier molecular flexibility index (Phi) is 4.78. The largest absolute Gasteiger partial charge is 0.467 e. The highest BCUT2D eigenvalue weighted by Crippen LogP contribution is 2.31. The molecule has 1 unspecified atom stereocenters. The van der Waals surface area contributed by atoms with Crippen LogP contribution in [0.3, 0.4) is 0 Å². The molecule has 2 aromatic heterocycles. The van der Waals surface area contributed by atoms with Crippen molar-refractivity contribution in [1.82, 2.24) is 5.32 Å². The van der Waals surface area contributed by atoms with E-state index in [1.54, 1.807) is 17.6 Å². The quantitative estimate of drug-likeness (QED) is 0.902. The summed E-state index contributed by atoms with van der Waals surface area (Å²) in [5.41, 5.74) is 0. The molecule has 1 saturated heterocycles. The number of rotatable bonds is 5. The van der Waals surface area contributed by atoms with Crippen LogP contribution in [0.15, 0.2) is 34.9 Å². The molecule has 0 amide bonds. The van der Waals surface area contributed by atoms with E-state index in [4.69, 9.17) is 20.8 Å². The molecule has 0 bridgehead atoms. The Labute approximate surface area is 127 Å². The summed E-state index contributed by atoms with van der Waals surface area (Å²) in [6.07, 6.45) is 3.97. The van der Waals surface area contributed by atoms with Crippen molar-refractivity contribution in [3.05, 3.63) is 45.5 Å². The zero-order valence-corrected chi connectivity index (χ0v) is 12.8. The lowest BCUT2D eigenvalue weighted by atomic mass is 10.00. The van der Waals surface area contributed by atoms with Gasteiger partial charge in [-0.3, -0.25) is 0 Å². The standard InChI is InChI=1S/C15H18ClNO2S/c16-14-4-3-13(20-14)15(12-2-1-7-19-12)17-10-11-5-8-18-9-6-11/h1-4,7,11,15,17H,5-6,8-10H2. The zero-order chi connectivity index (χ0) is 13.8. The van der Waals surface area contributed by atoms with E-state index in [1.807, 2.05) is 18.2 Å². The molecule has 1 aliphatic rings. The van der Waals surface area contributed by atoms with Gasteiger partial charge in [0.15, 0.2) is 0 Å². The summed E-state index contributed by atoms with van der Waals surface area (Å²) in [6, 6.07) is 8.03. The van der Waals surface area contributed by atoms with Crippen LogP contribution < -0.4 is 5.32 Å². The Morgan fingerprint density at radius 3 is 2.80 bits per heavy atom. The summed E-state index contributed by atoms with van der Waals surface area (Å²) in [7, 11) is 0. The molecule has 0 saturated carbocycles. The molecule has 3 nitrogen and oxygen atoms in total. The Morgan fingerprint density at radius 2 is 2.15 bits per heavy atom. The normalized spacial score (nSPS) is 18.2. The van der Waals surface area contributed by atoms with Gasteiger partial charge in [-0.1, -0.05) is 11.6 Å². The molecule has 20 heavy (non-hydrogen) atoms. The number of halogens is 1. The molecule has 0 aliphatic carbocycles. The fourth-order valence-corrected chi connectivity index (χ4v) is 3.66. The van der Waals surface area contributed by atoms with Crippen molar-refractivity contribution >= 4 is 22.9 Å². The Hall–Kier alpha value is -0.810. The second-order valence-corrected chi connectivity index (χ2v) is 6.80.